The molecule has 0 saturated carbocycles. The summed E-state index contributed by atoms with van der Waals surface area (Å²) in [7, 11) is 0. The van der Waals surface area contributed by atoms with Gasteiger partial charge in [-0.3, -0.25) is 14.8 Å². The molecule has 156 valence electrons. The predicted octanol–water partition coefficient (Wildman–Crippen LogP) is 3.75. The summed E-state index contributed by atoms with van der Waals surface area (Å²) in [6.07, 6.45) is 6.74. The fourth-order valence-corrected chi connectivity index (χ4v) is 4.22. The van der Waals surface area contributed by atoms with E-state index in [0.717, 1.165) is 47.4 Å². The number of aromatic nitrogens is 3. The van der Waals surface area contributed by atoms with E-state index in [9.17, 15) is 4.79 Å². The van der Waals surface area contributed by atoms with Crippen LogP contribution in [0.3, 0.4) is 0 Å². The Hall–Kier alpha value is -2.86. The number of hydrogen-bond donors (Lipinski definition) is 1. The summed E-state index contributed by atoms with van der Waals surface area (Å²) in [5.74, 6) is 0.866. The first-order chi connectivity index (χ1) is 14.4. The summed E-state index contributed by atoms with van der Waals surface area (Å²) >= 11 is 0. The Labute approximate surface area is 177 Å². The van der Waals surface area contributed by atoms with Gasteiger partial charge in [0, 0.05) is 55.4 Å². The molecule has 3 aromatic rings. The first-order valence-electron chi connectivity index (χ1n) is 10.6. The average Bonchev–Trinajstić information content (AvgIpc) is 2.72. The van der Waals surface area contributed by atoms with Crippen molar-refractivity contribution in [3.8, 4) is 0 Å². The molecule has 0 aliphatic carbocycles. The number of Topliss-reactive ketones (excluding diaryl/α,β-unsaturated/α-hetero) is 1. The quantitative estimate of drug-likeness (QED) is 0.653. The van der Waals surface area contributed by atoms with Crippen molar-refractivity contribution in [1.29, 1.82) is 0 Å². The second kappa shape index (κ2) is 8.48. The lowest BCUT2D eigenvalue weighted by atomic mass is 9.95. The Morgan fingerprint density at radius 3 is 2.80 bits per heavy atom. The number of hydrogen-bond acceptors (Lipinski definition) is 6. The minimum Gasteiger partial charge on any atom is -0.369 e. The van der Waals surface area contributed by atoms with Gasteiger partial charge in [0.2, 0.25) is 0 Å². The topological polar surface area (TPSA) is 85.0 Å². The maximum atomic E-state index is 13.1. The third-order valence-electron chi connectivity index (χ3n) is 5.77. The SMILES string of the molecule is CC(C)c1cnc2ccc(C(=O)Cc3cnccc3N3C[C@H](C)C[C@H](N)C3)nc2c1. The predicted molar refractivity (Wildman–Crippen MR) is 120 cm³/mol. The third-order valence-corrected chi connectivity index (χ3v) is 5.77. The highest BCUT2D eigenvalue weighted by molar-refractivity contribution is 5.98. The number of carbonyl (C=O) groups is 1. The number of carbonyl (C=O) groups excluding carboxylic acids is 1. The van der Waals surface area contributed by atoms with Gasteiger partial charge < -0.3 is 10.6 Å². The second-order valence-corrected chi connectivity index (χ2v) is 8.77. The monoisotopic (exact) mass is 403 g/mol. The molecule has 2 atom stereocenters. The molecule has 4 rings (SSSR count). The molecule has 0 bridgehead atoms. The van der Waals surface area contributed by atoms with E-state index in [0.29, 0.717) is 17.5 Å². The van der Waals surface area contributed by atoms with Gasteiger partial charge in [-0.1, -0.05) is 20.8 Å². The Bertz CT molecular complexity index is 1050. The molecule has 3 aromatic heterocycles. The van der Waals surface area contributed by atoms with Gasteiger partial charge in [0.15, 0.2) is 5.78 Å². The van der Waals surface area contributed by atoms with Crippen LogP contribution in [0.25, 0.3) is 11.0 Å². The van der Waals surface area contributed by atoms with Crippen molar-refractivity contribution in [3.63, 3.8) is 0 Å². The van der Waals surface area contributed by atoms with Crippen molar-refractivity contribution in [2.24, 2.45) is 11.7 Å². The van der Waals surface area contributed by atoms with Gasteiger partial charge in [0.05, 0.1) is 11.0 Å². The molecule has 4 heterocycles. The molecule has 0 aromatic carbocycles. The fraction of sp³-hybridized carbons (Fsp3) is 0.417. The van der Waals surface area contributed by atoms with Crippen molar-refractivity contribution >= 4 is 22.5 Å². The van der Waals surface area contributed by atoms with E-state index in [4.69, 9.17) is 5.73 Å². The molecule has 1 fully saturated rings. The highest BCUT2D eigenvalue weighted by Crippen LogP contribution is 2.26. The van der Waals surface area contributed by atoms with Crippen molar-refractivity contribution in [2.75, 3.05) is 18.0 Å². The first-order valence-corrected chi connectivity index (χ1v) is 10.6. The summed E-state index contributed by atoms with van der Waals surface area (Å²) in [5.41, 5.74) is 11.3. The molecule has 6 heteroatoms. The smallest absolute Gasteiger partial charge is 0.185 e. The van der Waals surface area contributed by atoms with Crippen LogP contribution in [-0.2, 0) is 6.42 Å². The number of piperidine rings is 1. The van der Waals surface area contributed by atoms with Crippen molar-refractivity contribution < 1.29 is 4.79 Å². The van der Waals surface area contributed by atoms with Gasteiger partial charge in [-0.2, -0.15) is 0 Å². The van der Waals surface area contributed by atoms with Crippen LogP contribution in [0.1, 0.15) is 54.7 Å². The summed E-state index contributed by atoms with van der Waals surface area (Å²) in [5, 5.41) is 0. The summed E-state index contributed by atoms with van der Waals surface area (Å²) in [6, 6.07) is 7.79. The lowest BCUT2D eigenvalue weighted by Gasteiger charge is -2.37. The van der Waals surface area contributed by atoms with Gasteiger partial charge >= 0.3 is 0 Å². The van der Waals surface area contributed by atoms with Gasteiger partial charge in [-0.15, -0.1) is 0 Å². The van der Waals surface area contributed by atoms with Crippen LogP contribution in [-0.4, -0.2) is 39.9 Å². The average molecular weight is 404 g/mol. The molecule has 1 saturated heterocycles. The molecular weight excluding hydrogens is 374 g/mol. The number of nitrogens with zero attached hydrogens (tertiary/aromatic N) is 4. The Morgan fingerprint density at radius 2 is 2.03 bits per heavy atom. The van der Waals surface area contributed by atoms with E-state index in [1.54, 1.807) is 18.5 Å². The Kier molecular flexibility index (Phi) is 5.77. The molecule has 0 radical (unpaired) electrons. The highest BCUT2D eigenvalue weighted by atomic mass is 16.1. The van der Waals surface area contributed by atoms with Crippen LogP contribution < -0.4 is 10.6 Å². The molecule has 2 N–H and O–H groups in total. The molecule has 6 nitrogen and oxygen atoms in total. The van der Waals surface area contributed by atoms with E-state index < -0.39 is 0 Å². The van der Waals surface area contributed by atoms with Crippen molar-refractivity contribution in [1.82, 2.24) is 15.0 Å². The third kappa shape index (κ3) is 4.33. The Balaban J connectivity index is 1.60. The number of pyridine rings is 3. The zero-order chi connectivity index (χ0) is 21.3. The van der Waals surface area contributed by atoms with Crippen LogP contribution in [0.2, 0.25) is 0 Å². The first kappa shape index (κ1) is 20.4. The normalized spacial score (nSPS) is 19.4. The molecule has 0 spiro atoms. The standard InChI is InChI=1S/C24H29N5O/c1-15(2)17-9-22-20(27-12-17)4-5-21(28-22)24(30)10-18-11-26-7-6-23(18)29-13-16(3)8-19(25)14-29/h4-7,9,11-12,15-16,19H,8,10,13-14,25H2,1-3H3/t16-,19+/m1/s1. The largest absolute Gasteiger partial charge is 0.369 e. The number of ketones is 1. The molecule has 1 aliphatic heterocycles. The molecule has 0 amide bonds. The fourth-order valence-electron chi connectivity index (χ4n) is 4.22. The summed E-state index contributed by atoms with van der Waals surface area (Å²) in [6.45, 7) is 8.20. The van der Waals surface area contributed by atoms with E-state index >= 15 is 0 Å². The van der Waals surface area contributed by atoms with Crippen LogP contribution >= 0.6 is 0 Å². The highest BCUT2D eigenvalue weighted by Gasteiger charge is 2.24. The summed E-state index contributed by atoms with van der Waals surface area (Å²) < 4.78 is 0. The molecular formula is C24H29N5O. The molecule has 30 heavy (non-hydrogen) atoms. The van der Waals surface area contributed by atoms with Crippen LogP contribution in [0.5, 0.6) is 0 Å². The number of rotatable bonds is 5. The van der Waals surface area contributed by atoms with Crippen LogP contribution in [0.4, 0.5) is 5.69 Å². The number of nitrogens with two attached hydrogens (primary N) is 1. The van der Waals surface area contributed by atoms with Gasteiger partial charge in [-0.05, 0) is 48.1 Å². The van der Waals surface area contributed by atoms with Crippen LogP contribution in [0, 0.1) is 5.92 Å². The second-order valence-electron chi connectivity index (χ2n) is 8.77. The lowest BCUT2D eigenvalue weighted by molar-refractivity contribution is 0.0988. The van der Waals surface area contributed by atoms with E-state index in [1.165, 1.54) is 0 Å². The number of anilines is 1. The minimum absolute atomic E-state index is 0.0181. The minimum atomic E-state index is -0.0181. The maximum absolute atomic E-state index is 13.1. The number of fused-ring (bicyclic) bond motifs is 1. The van der Waals surface area contributed by atoms with Crippen molar-refractivity contribution in [2.45, 2.75) is 45.6 Å². The van der Waals surface area contributed by atoms with Gasteiger partial charge in [0.1, 0.15) is 5.69 Å². The zero-order valence-corrected chi connectivity index (χ0v) is 17.9. The van der Waals surface area contributed by atoms with Crippen LogP contribution in [0.15, 0.2) is 42.9 Å². The van der Waals surface area contributed by atoms with Gasteiger partial charge in [-0.25, -0.2) is 4.98 Å². The molecule has 1 aliphatic rings. The maximum Gasteiger partial charge on any atom is 0.185 e. The Morgan fingerprint density at radius 1 is 1.20 bits per heavy atom. The lowest BCUT2D eigenvalue weighted by Crippen LogP contribution is -2.46. The summed E-state index contributed by atoms with van der Waals surface area (Å²) in [4.78, 5) is 28.7. The van der Waals surface area contributed by atoms with E-state index in [1.807, 2.05) is 24.4 Å². The van der Waals surface area contributed by atoms with Gasteiger partial charge in [0.25, 0.3) is 0 Å². The van der Waals surface area contributed by atoms with E-state index in [2.05, 4.69) is 40.6 Å². The zero-order valence-electron chi connectivity index (χ0n) is 17.9. The van der Waals surface area contributed by atoms with E-state index in [-0.39, 0.29) is 18.2 Å². The molecule has 0 unspecified atom stereocenters. The van der Waals surface area contributed by atoms with Crippen molar-refractivity contribution in [3.05, 3.63) is 59.7 Å².